The Morgan fingerprint density at radius 2 is 2.10 bits per heavy atom. The van der Waals surface area contributed by atoms with Crippen LogP contribution in [0.25, 0.3) is 0 Å². The summed E-state index contributed by atoms with van der Waals surface area (Å²) in [6.45, 7) is 4.99. The Kier molecular flexibility index (Phi) is 4.65. The third-order valence-electron chi connectivity index (χ3n) is 4.37. The molecule has 4 heteroatoms. The van der Waals surface area contributed by atoms with Crippen molar-refractivity contribution >= 4 is 11.6 Å². The molecule has 4 nitrogen and oxygen atoms in total. The van der Waals surface area contributed by atoms with Crippen LogP contribution in [0, 0.1) is 5.92 Å². The number of benzene rings is 1. The first-order chi connectivity index (χ1) is 9.54. The smallest absolute Gasteiger partial charge is 0.222 e. The molecule has 110 valence electrons. The molecule has 1 heterocycles. The highest BCUT2D eigenvalue weighted by molar-refractivity contribution is 5.78. The summed E-state index contributed by atoms with van der Waals surface area (Å²) in [7, 11) is 0. The number of anilines is 1. The Morgan fingerprint density at radius 3 is 2.75 bits per heavy atom. The minimum atomic E-state index is -0.195. The van der Waals surface area contributed by atoms with Crippen molar-refractivity contribution < 1.29 is 4.79 Å². The van der Waals surface area contributed by atoms with Crippen LogP contribution in [0.5, 0.6) is 0 Å². The molecule has 4 N–H and O–H groups in total. The lowest BCUT2D eigenvalue weighted by Gasteiger charge is -2.40. The van der Waals surface area contributed by atoms with Gasteiger partial charge in [-0.3, -0.25) is 4.79 Å². The average Bonchev–Trinajstić information content (AvgIpc) is 2.46. The van der Waals surface area contributed by atoms with E-state index in [0.717, 1.165) is 30.5 Å². The number of carbonyl (C=O) groups is 1. The topological polar surface area (TPSA) is 72.3 Å². The van der Waals surface area contributed by atoms with Gasteiger partial charge in [0.15, 0.2) is 0 Å². The lowest BCUT2D eigenvalue weighted by Crippen LogP contribution is -2.46. The van der Waals surface area contributed by atoms with E-state index in [1.165, 1.54) is 0 Å². The number of carbonyl (C=O) groups excluding carboxylic acids is 1. The molecule has 1 aromatic rings. The molecule has 0 spiro atoms. The van der Waals surface area contributed by atoms with E-state index in [2.05, 4.69) is 30.9 Å². The zero-order chi connectivity index (χ0) is 14.7. The predicted molar refractivity (Wildman–Crippen MR) is 82.4 cm³/mol. The van der Waals surface area contributed by atoms with E-state index in [1.807, 2.05) is 12.1 Å². The quantitative estimate of drug-likeness (QED) is 0.884. The van der Waals surface area contributed by atoms with Crippen molar-refractivity contribution in [3.63, 3.8) is 0 Å². The Hall–Kier alpha value is -1.55. The number of amides is 1. The maximum atomic E-state index is 11.5. The van der Waals surface area contributed by atoms with Crippen molar-refractivity contribution in [2.75, 3.05) is 11.4 Å². The zero-order valence-electron chi connectivity index (χ0n) is 12.4. The standard InChI is InChI=1S/C16H25N3O/c1-3-14(17)13-6-4-5-7-15(13)19-10-12(16(18)20)9-8-11(19)2/h4-7,11-12,14H,3,8-10,17H2,1-2H3,(H2,18,20)/t11?,12?,14-/m1/s1. The number of rotatable bonds is 4. The van der Waals surface area contributed by atoms with Crippen molar-refractivity contribution in [1.29, 1.82) is 0 Å². The summed E-state index contributed by atoms with van der Waals surface area (Å²) in [5, 5.41) is 0. The maximum absolute atomic E-state index is 11.5. The molecule has 0 bridgehead atoms. The molecule has 0 aromatic heterocycles. The molecule has 20 heavy (non-hydrogen) atoms. The summed E-state index contributed by atoms with van der Waals surface area (Å²) in [5.41, 5.74) is 14.0. The van der Waals surface area contributed by atoms with E-state index in [0.29, 0.717) is 12.6 Å². The molecule has 0 saturated carbocycles. The molecule has 0 aliphatic carbocycles. The van der Waals surface area contributed by atoms with E-state index >= 15 is 0 Å². The highest BCUT2D eigenvalue weighted by Crippen LogP contribution is 2.33. The van der Waals surface area contributed by atoms with Crippen LogP contribution in [-0.4, -0.2) is 18.5 Å². The summed E-state index contributed by atoms with van der Waals surface area (Å²) < 4.78 is 0. The Morgan fingerprint density at radius 1 is 1.40 bits per heavy atom. The lowest BCUT2D eigenvalue weighted by molar-refractivity contribution is -0.122. The number of para-hydroxylation sites is 1. The van der Waals surface area contributed by atoms with Crippen molar-refractivity contribution in [3.05, 3.63) is 29.8 Å². The maximum Gasteiger partial charge on any atom is 0.222 e. The van der Waals surface area contributed by atoms with Crippen molar-refractivity contribution in [2.45, 2.75) is 45.2 Å². The summed E-state index contributed by atoms with van der Waals surface area (Å²) in [5.74, 6) is -0.253. The monoisotopic (exact) mass is 275 g/mol. The average molecular weight is 275 g/mol. The van der Waals surface area contributed by atoms with Crippen LogP contribution < -0.4 is 16.4 Å². The zero-order valence-corrected chi connectivity index (χ0v) is 12.4. The van der Waals surface area contributed by atoms with Gasteiger partial charge in [-0.05, 0) is 37.8 Å². The van der Waals surface area contributed by atoms with Gasteiger partial charge in [0.25, 0.3) is 0 Å². The molecular weight excluding hydrogens is 250 g/mol. The van der Waals surface area contributed by atoms with E-state index in [9.17, 15) is 4.79 Å². The van der Waals surface area contributed by atoms with Crippen LogP contribution in [0.15, 0.2) is 24.3 Å². The molecule has 1 aliphatic rings. The van der Waals surface area contributed by atoms with Gasteiger partial charge >= 0.3 is 0 Å². The van der Waals surface area contributed by atoms with Crippen LogP contribution in [0.3, 0.4) is 0 Å². The molecule has 2 unspecified atom stereocenters. The van der Waals surface area contributed by atoms with E-state index < -0.39 is 0 Å². The van der Waals surface area contributed by atoms with Gasteiger partial charge in [-0.2, -0.15) is 0 Å². The van der Waals surface area contributed by atoms with Crippen LogP contribution in [-0.2, 0) is 4.79 Å². The highest BCUT2D eigenvalue weighted by atomic mass is 16.1. The second-order valence-electron chi connectivity index (χ2n) is 5.75. The third-order valence-corrected chi connectivity index (χ3v) is 4.37. The van der Waals surface area contributed by atoms with Crippen LogP contribution in [0.2, 0.25) is 0 Å². The van der Waals surface area contributed by atoms with Crippen LogP contribution in [0.4, 0.5) is 5.69 Å². The number of nitrogens with two attached hydrogens (primary N) is 2. The first-order valence-corrected chi connectivity index (χ1v) is 7.45. The second-order valence-corrected chi connectivity index (χ2v) is 5.75. The first kappa shape index (κ1) is 14.9. The number of hydrogen-bond donors (Lipinski definition) is 2. The van der Waals surface area contributed by atoms with E-state index in [-0.39, 0.29) is 17.9 Å². The van der Waals surface area contributed by atoms with Gasteiger partial charge in [-0.1, -0.05) is 25.1 Å². The largest absolute Gasteiger partial charge is 0.369 e. The first-order valence-electron chi connectivity index (χ1n) is 7.45. The number of piperidine rings is 1. The summed E-state index contributed by atoms with van der Waals surface area (Å²) >= 11 is 0. The minimum absolute atomic E-state index is 0.0346. The highest BCUT2D eigenvalue weighted by Gasteiger charge is 2.30. The Bertz CT molecular complexity index is 475. The van der Waals surface area contributed by atoms with Crippen molar-refractivity contribution in [2.24, 2.45) is 17.4 Å². The van der Waals surface area contributed by atoms with Gasteiger partial charge in [-0.15, -0.1) is 0 Å². The van der Waals surface area contributed by atoms with Gasteiger partial charge in [0, 0.05) is 24.3 Å². The van der Waals surface area contributed by atoms with Gasteiger partial charge in [-0.25, -0.2) is 0 Å². The van der Waals surface area contributed by atoms with E-state index in [4.69, 9.17) is 11.5 Å². The molecular formula is C16H25N3O. The predicted octanol–water partition coefficient (Wildman–Crippen LogP) is 2.19. The Labute approximate surface area is 121 Å². The van der Waals surface area contributed by atoms with Gasteiger partial charge in [0.1, 0.15) is 0 Å². The number of nitrogens with zero attached hydrogens (tertiary/aromatic N) is 1. The molecule has 1 fully saturated rings. The molecule has 1 amide bonds. The molecule has 1 aliphatic heterocycles. The number of primary amides is 1. The van der Waals surface area contributed by atoms with Gasteiger partial charge in [0.05, 0.1) is 5.92 Å². The van der Waals surface area contributed by atoms with Crippen LogP contribution >= 0.6 is 0 Å². The lowest BCUT2D eigenvalue weighted by atomic mass is 9.91. The fraction of sp³-hybridized carbons (Fsp3) is 0.562. The van der Waals surface area contributed by atoms with E-state index in [1.54, 1.807) is 0 Å². The third kappa shape index (κ3) is 2.96. The molecule has 1 aromatic carbocycles. The van der Waals surface area contributed by atoms with Crippen LogP contribution in [0.1, 0.15) is 44.7 Å². The fourth-order valence-electron chi connectivity index (χ4n) is 2.96. The second kappa shape index (κ2) is 6.27. The van der Waals surface area contributed by atoms with Gasteiger partial charge < -0.3 is 16.4 Å². The molecule has 0 radical (unpaired) electrons. The molecule has 3 atom stereocenters. The Balaban J connectivity index is 2.31. The fourth-order valence-corrected chi connectivity index (χ4v) is 2.96. The summed E-state index contributed by atoms with van der Waals surface area (Å²) in [6.07, 6.45) is 2.77. The SMILES string of the molecule is CC[C@@H](N)c1ccccc1N1CC(C(N)=O)CCC1C. The number of hydrogen-bond acceptors (Lipinski definition) is 3. The normalized spacial score (nSPS) is 24.4. The minimum Gasteiger partial charge on any atom is -0.369 e. The molecule has 1 saturated heterocycles. The summed E-state index contributed by atoms with van der Waals surface area (Å²) in [6, 6.07) is 8.69. The van der Waals surface area contributed by atoms with Gasteiger partial charge in [0.2, 0.25) is 5.91 Å². The van der Waals surface area contributed by atoms with Crippen molar-refractivity contribution in [1.82, 2.24) is 0 Å². The summed E-state index contributed by atoms with van der Waals surface area (Å²) in [4.78, 5) is 13.8. The molecule has 2 rings (SSSR count). The van der Waals surface area contributed by atoms with Crippen molar-refractivity contribution in [3.8, 4) is 0 Å².